The van der Waals surface area contributed by atoms with Crippen LogP contribution in [-0.4, -0.2) is 12.5 Å². The lowest BCUT2D eigenvalue weighted by molar-refractivity contribution is -0.115. The second-order valence-corrected chi connectivity index (χ2v) is 5.64. The maximum Gasteiger partial charge on any atom is 0.226 e. The molecule has 3 nitrogen and oxygen atoms in total. The smallest absolute Gasteiger partial charge is 0.226 e. The van der Waals surface area contributed by atoms with Gasteiger partial charge in [0.2, 0.25) is 5.91 Å². The summed E-state index contributed by atoms with van der Waals surface area (Å²) in [7, 11) is 0. The SMILES string of the molecule is O=C(CCNc1ccccc1Cl)Nc1cc(Cl)cc(Cl)c1. The molecule has 1 amide bonds. The molecule has 21 heavy (non-hydrogen) atoms. The van der Waals surface area contributed by atoms with Crippen LogP contribution in [0.1, 0.15) is 6.42 Å². The Bertz CT molecular complexity index is 626. The van der Waals surface area contributed by atoms with Gasteiger partial charge in [-0.25, -0.2) is 0 Å². The average Bonchev–Trinajstić information content (AvgIpc) is 2.39. The van der Waals surface area contributed by atoms with Crippen molar-refractivity contribution in [3.05, 3.63) is 57.5 Å². The first kappa shape index (κ1) is 16.0. The lowest BCUT2D eigenvalue weighted by Crippen LogP contribution is -2.16. The van der Waals surface area contributed by atoms with E-state index >= 15 is 0 Å². The maximum absolute atomic E-state index is 11.8. The largest absolute Gasteiger partial charge is 0.383 e. The van der Waals surface area contributed by atoms with Crippen molar-refractivity contribution in [3.63, 3.8) is 0 Å². The van der Waals surface area contributed by atoms with Gasteiger partial charge in [0.1, 0.15) is 0 Å². The van der Waals surface area contributed by atoms with E-state index in [-0.39, 0.29) is 5.91 Å². The first-order chi connectivity index (χ1) is 10.0. The van der Waals surface area contributed by atoms with Crippen LogP contribution >= 0.6 is 34.8 Å². The summed E-state index contributed by atoms with van der Waals surface area (Å²) in [4.78, 5) is 11.8. The number of nitrogens with one attached hydrogen (secondary N) is 2. The summed E-state index contributed by atoms with van der Waals surface area (Å²) in [6, 6.07) is 12.3. The summed E-state index contributed by atoms with van der Waals surface area (Å²) in [5.41, 5.74) is 1.38. The number of halogens is 3. The minimum absolute atomic E-state index is 0.132. The molecule has 0 heterocycles. The predicted molar refractivity (Wildman–Crippen MR) is 89.7 cm³/mol. The molecule has 0 radical (unpaired) electrons. The Morgan fingerprint density at radius 1 is 1.00 bits per heavy atom. The standard InChI is InChI=1S/C15H13Cl3N2O/c16-10-7-11(17)9-12(8-10)20-15(21)5-6-19-14-4-2-1-3-13(14)18/h1-4,7-9,19H,5-6H2,(H,20,21). The molecule has 0 bridgehead atoms. The highest BCUT2D eigenvalue weighted by Gasteiger charge is 2.05. The van der Waals surface area contributed by atoms with Gasteiger partial charge in [-0.3, -0.25) is 4.79 Å². The van der Waals surface area contributed by atoms with E-state index in [1.165, 1.54) is 0 Å². The van der Waals surface area contributed by atoms with Crippen LogP contribution in [-0.2, 0) is 4.79 Å². The first-order valence-corrected chi connectivity index (χ1v) is 7.42. The molecule has 0 atom stereocenters. The Kier molecular flexibility index (Phi) is 5.74. The minimum Gasteiger partial charge on any atom is -0.383 e. The number of carbonyl (C=O) groups excluding carboxylic acids is 1. The number of hydrogen-bond acceptors (Lipinski definition) is 2. The molecule has 0 saturated heterocycles. The summed E-state index contributed by atoms with van der Waals surface area (Å²) in [5, 5.41) is 7.43. The third-order valence-corrected chi connectivity index (χ3v) is 3.45. The van der Waals surface area contributed by atoms with E-state index in [1.54, 1.807) is 24.3 Å². The average molecular weight is 344 g/mol. The van der Waals surface area contributed by atoms with E-state index in [2.05, 4.69) is 10.6 Å². The van der Waals surface area contributed by atoms with Crippen LogP contribution in [0.4, 0.5) is 11.4 Å². The fourth-order valence-corrected chi connectivity index (χ4v) is 2.49. The van der Waals surface area contributed by atoms with Crippen LogP contribution in [0.5, 0.6) is 0 Å². The highest BCUT2D eigenvalue weighted by Crippen LogP contribution is 2.23. The molecular weight excluding hydrogens is 331 g/mol. The van der Waals surface area contributed by atoms with Crippen LogP contribution in [0.25, 0.3) is 0 Å². The minimum atomic E-state index is -0.132. The highest BCUT2D eigenvalue weighted by molar-refractivity contribution is 6.35. The molecule has 2 N–H and O–H groups in total. The number of amides is 1. The van der Waals surface area contributed by atoms with Crippen molar-refractivity contribution >= 4 is 52.1 Å². The third-order valence-electron chi connectivity index (χ3n) is 2.69. The van der Waals surface area contributed by atoms with Crippen LogP contribution in [0.15, 0.2) is 42.5 Å². The molecule has 0 aliphatic heterocycles. The summed E-state index contributed by atoms with van der Waals surface area (Å²) in [5.74, 6) is -0.132. The van der Waals surface area contributed by atoms with Crippen molar-refractivity contribution in [2.24, 2.45) is 0 Å². The van der Waals surface area contributed by atoms with Crippen molar-refractivity contribution in [1.29, 1.82) is 0 Å². The van der Waals surface area contributed by atoms with E-state index < -0.39 is 0 Å². The van der Waals surface area contributed by atoms with Gasteiger partial charge in [-0.1, -0.05) is 46.9 Å². The molecular formula is C15H13Cl3N2O. The van der Waals surface area contributed by atoms with Gasteiger partial charge in [0.05, 0.1) is 10.7 Å². The highest BCUT2D eigenvalue weighted by atomic mass is 35.5. The number of rotatable bonds is 5. The molecule has 0 spiro atoms. The number of hydrogen-bond donors (Lipinski definition) is 2. The predicted octanol–water partition coefficient (Wildman–Crippen LogP) is 5.09. The van der Waals surface area contributed by atoms with Gasteiger partial charge in [-0.2, -0.15) is 0 Å². The van der Waals surface area contributed by atoms with Crippen LogP contribution in [0.3, 0.4) is 0 Å². The number of carbonyl (C=O) groups is 1. The van der Waals surface area contributed by atoms with E-state index in [9.17, 15) is 4.79 Å². The van der Waals surface area contributed by atoms with Crippen molar-refractivity contribution in [2.45, 2.75) is 6.42 Å². The molecule has 110 valence electrons. The number of para-hydroxylation sites is 1. The van der Waals surface area contributed by atoms with E-state index in [4.69, 9.17) is 34.8 Å². The molecule has 0 aromatic heterocycles. The fourth-order valence-electron chi connectivity index (χ4n) is 1.76. The normalized spacial score (nSPS) is 10.2. The van der Waals surface area contributed by atoms with Crippen LogP contribution < -0.4 is 10.6 Å². The topological polar surface area (TPSA) is 41.1 Å². The van der Waals surface area contributed by atoms with Gasteiger partial charge in [0.25, 0.3) is 0 Å². The second-order valence-electron chi connectivity index (χ2n) is 4.36. The van der Waals surface area contributed by atoms with Gasteiger partial charge < -0.3 is 10.6 Å². The molecule has 6 heteroatoms. The summed E-state index contributed by atoms with van der Waals surface area (Å²) in [6.45, 7) is 0.476. The Balaban J connectivity index is 1.84. The lowest BCUT2D eigenvalue weighted by atomic mass is 10.3. The fraction of sp³-hybridized carbons (Fsp3) is 0.133. The lowest BCUT2D eigenvalue weighted by Gasteiger charge is -2.09. The van der Waals surface area contributed by atoms with Gasteiger partial charge in [-0.15, -0.1) is 0 Å². The summed E-state index contributed by atoms with van der Waals surface area (Å²) in [6.07, 6.45) is 0.301. The molecule has 2 aromatic rings. The van der Waals surface area contributed by atoms with Crippen LogP contribution in [0.2, 0.25) is 15.1 Å². The summed E-state index contributed by atoms with van der Waals surface area (Å²) < 4.78 is 0. The zero-order chi connectivity index (χ0) is 15.2. The number of anilines is 2. The molecule has 0 fully saturated rings. The number of benzene rings is 2. The first-order valence-electron chi connectivity index (χ1n) is 6.29. The Morgan fingerprint density at radius 3 is 2.33 bits per heavy atom. The molecule has 2 aromatic carbocycles. The van der Waals surface area contributed by atoms with Crippen LogP contribution in [0, 0.1) is 0 Å². The molecule has 2 rings (SSSR count). The third kappa shape index (κ3) is 5.12. The van der Waals surface area contributed by atoms with Crippen molar-refractivity contribution in [1.82, 2.24) is 0 Å². The maximum atomic E-state index is 11.8. The summed E-state index contributed by atoms with van der Waals surface area (Å²) >= 11 is 17.8. The second kappa shape index (κ2) is 7.55. The monoisotopic (exact) mass is 342 g/mol. The Hall–Kier alpha value is -1.42. The zero-order valence-electron chi connectivity index (χ0n) is 11.0. The Labute approximate surface area is 138 Å². The molecule has 0 aliphatic rings. The van der Waals surface area contributed by atoms with E-state index in [0.29, 0.717) is 33.7 Å². The Morgan fingerprint density at radius 2 is 1.67 bits per heavy atom. The molecule has 0 aliphatic carbocycles. The molecule has 0 saturated carbocycles. The zero-order valence-corrected chi connectivity index (χ0v) is 13.3. The quantitative estimate of drug-likeness (QED) is 0.794. The van der Waals surface area contributed by atoms with Gasteiger partial charge in [-0.05, 0) is 30.3 Å². The van der Waals surface area contributed by atoms with Crippen molar-refractivity contribution in [3.8, 4) is 0 Å². The molecule has 0 unspecified atom stereocenters. The van der Waals surface area contributed by atoms with Gasteiger partial charge in [0, 0.05) is 28.7 Å². The van der Waals surface area contributed by atoms with Crippen molar-refractivity contribution < 1.29 is 4.79 Å². The van der Waals surface area contributed by atoms with Crippen molar-refractivity contribution in [2.75, 3.05) is 17.2 Å². The van der Waals surface area contributed by atoms with Gasteiger partial charge in [0.15, 0.2) is 0 Å². The van der Waals surface area contributed by atoms with E-state index in [0.717, 1.165) is 5.69 Å². The van der Waals surface area contributed by atoms with E-state index in [1.807, 2.05) is 18.2 Å². The van der Waals surface area contributed by atoms with Gasteiger partial charge >= 0.3 is 0 Å².